The lowest BCUT2D eigenvalue weighted by Gasteiger charge is -2.56. The average molecular weight is 253 g/mol. The quantitative estimate of drug-likeness (QED) is 0.740. The number of aliphatic carboxylic acids is 1. The van der Waals surface area contributed by atoms with Gasteiger partial charge in [-0.15, -0.1) is 0 Å². The summed E-state index contributed by atoms with van der Waals surface area (Å²) in [5.74, 6) is -0.669. The number of nitrogens with one attached hydrogen (secondary N) is 1. The topological polar surface area (TPSA) is 55.8 Å². The second kappa shape index (κ2) is 4.47. The summed E-state index contributed by atoms with van der Waals surface area (Å²) < 4.78 is 0. The van der Waals surface area contributed by atoms with Crippen molar-refractivity contribution in [2.45, 2.75) is 43.8 Å². The van der Waals surface area contributed by atoms with Crippen LogP contribution in [0, 0.1) is 0 Å². The van der Waals surface area contributed by atoms with E-state index in [0.29, 0.717) is 12.1 Å². The number of rotatable bonds is 3. The average Bonchev–Trinajstić information content (AvgIpc) is 2.69. The van der Waals surface area contributed by atoms with E-state index in [4.69, 9.17) is 5.11 Å². The zero-order valence-corrected chi connectivity index (χ0v) is 11.1. The van der Waals surface area contributed by atoms with Gasteiger partial charge in [-0.3, -0.25) is 14.6 Å². The van der Waals surface area contributed by atoms with E-state index in [1.807, 2.05) is 0 Å². The van der Waals surface area contributed by atoms with Gasteiger partial charge < -0.3 is 10.4 Å². The van der Waals surface area contributed by atoms with Crippen LogP contribution in [0.4, 0.5) is 0 Å². The molecule has 2 atom stereocenters. The van der Waals surface area contributed by atoms with Crippen LogP contribution in [0.1, 0.15) is 26.2 Å². The number of piperazine rings is 1. The Balaban J connectivity index is 1.75. The maximum Gasteiger partial charge on any atom is 0.305 e. The van der Waals surface area contributed by atoms with Gasteiger partial charge in [0, 0.05) is 38.3 Å². The first kappa shape index (κ1) is 12.4. The van der Waals surface area contributed by atoms with Crippen molar-refractivity contribution < 1.29 is 9.90 Å². The Morgan fingerprint density at radius 3 is 2.83 bits per heavy atom. The van der Waals surface area contributed by atoms with Crippen LogP contribution in [0.15, 0.2) is 0 Å². The lowest BCUT2D eigenvalue weighted by Crippen LogP contribution is -2.74. The molecule has 5 nitrogen and oxygen atoms in total. The summed E-state index contributed by atoms with van der Waals surface area (Å²) >= 11 is 0. The van der Waals surface area contributed by atoms with Gasteiger partial charge in [0.15, 0.2) is 0 Å². The molecule has 3 rings (SSSR count). The van der Waals surface area contributed by atoms with E-state index >= 15 is 0 Å². The molecular weight excluding hydrogens is 230 g/mol. The zero-order chi connectivity index (χ0) is 12.8. The van der Waals surface area contributed by atoms with Gasteiger partial charge in [0.25, 0.3) is 0 Å². The minimum atomic E-state index is -0.669. The van der Waals surface area contributed by atoms with Crippen LogP contribution in [0.5, 0.6) is 0 Å². The summed E-state index contributed by atoms with van der Waals surface area (Å²) in [7, 11) is 0. The summed E-state index contributed by atoms with van der Waals surface area (Å²) in [5.41, 5.74) is -0.125. The van der Waals surface area contributed by atoms with Crippen molar-refractivity contribution in [3.63, 3.8) is 0 Å². The van der Waals surface area contributed by atoms with Crippen LogP contribution in [0.2, 0.25) is 0 Å². The molecule has 0 spiro atoms. The first-order valence-electron chi connectivity index (χ1n) is 7.04. The predicted octanol–water partition coefficient (Wildman–Crippen LogP) is -0.0284. The van der Waals surface area contributed by atoms with Gasteiger partial charge >= 0.3 is 5.97 Å². The van der Waals surface area contributed by atoms with Gasteiger partial charge in [0.1, 0.15) is 0 Å². The van der Waals surface area contributed by atoms with E-state index in [2.05, 4.69) is 22.0 Å². The number of carboxylic acid groups (broad SMARTS) is 1. The van der Waals surface area contributed by atoms with E-state index in [9.17, 15) is 4.79 Å². The standard InChI is InChI=1S/C13H23N3O2/c1-10-6-15-4-2-3-11(15)7-16(10)13(5-12(17)18)8-14-9-13/h10-11,14H,2-9H2,1H3,(H,17,18). The summed E-state index contributed by atoms with van der Waals surface area (Å²) in [6.07, 6.45) is 2.85. The molecule has 2 unspecified atom stereocenters. The molecule has 0 aromatic heterocycles. The number of hydrogen-bond donors (Lipinski definition) is 2. The van der Waals surface area contributed by atoms with Crippen molar-refractivity contribution in [3.8, 4) is 0 Å². The second-order valence-electron chi connectivity index (χ2n) is 6.19. The monoisotopic (exact) mass is 253 g/mol. The Hall–Kier alpha value is -0.650. The highest BCUT2D eigenvalue weighted by atomic mass is 16.4. The fourth-order valence-corrected chi connectivity index (χ4v) is 3.97. The highest BCUT2D eigenvalue weighted by Gasteiger charge is 2.49. The number of carbonyl (C=O) groups is 1. The van der Waals surface area contributed by atoms with Gasteiger partial charge in [-0.05, 0) is 26.3 Å². The smallest absolute Gasteiger partial charge is 0.305 e. The SMILES string of the molecule is CC1CN2CCCC2CN1C1(CC(=O)O)CNC1. The molecule has 3 fully saturated rings. The number of fused-ring (bicyclic) bond motifs is 1. The van der Waals surface area contributed by atoms with E-state index < -0.39 is 5.97 Å². The van der Waals surface area contributed by atoms with Gasteiger partial charge in [0.2, 0.25) is 0 Å². The molecule has 0 aromatic carbocycles. The highest BCUT2D eigenvalue weighted by Crippen LogP contribution is 2.33. The maximum absolute atomic E-state index is 11.1. The molecular formula is C13H23N3O2. The van der Waals surface area contributed by atoms with Crippen molar-refractivity contribution in [1.29, 1.82) is 0 Å². The predicted molar refractivity (Wildman–Crippen MR) is 68.6 cm³/mol. The Morgan fingerprint density at radius 1 is 1.44 bits per heavy atom. The first-order valence-corrected chi connectivity index (χ1v) is 7.04. The molecule has 3 aliphatic rings. The second-order valence-corrected chi connectivity index (χ2v) is 6.19. The summed E-state index contributed by atoms with van der Waals surface area (Å²) in [6, 6.07) is 1.13. The summed E-state index contributed by atoms with van der Waals surface area (Å²) in [6.45, 7) is 7.29. The van der Waals surface area contributed by atoms with Crippen molar-refractivity contribution in [3.05, 3.63) is 0 Å². The third-order valence-corrected chi connectivity index (χ3v) is 4.93. The van der Waals surface area contributed by atoms with Crippen molar-refractivity contribution >= 4 is 5.97 Å². The lowest BCUT2D eigenvalue weighted by molar-refractivity contribution is -0.144. The van der Waals surface area contributed by atoms with E-state index in [1.165, 1.54) is 19.4 Å². The third-order valence-electron chi connectivity index (χ3n) is 4.93. The molecule has 3 heterocycles. The largest absolute Gasteiger partial charge is 0.481 e. The van der Waals surface area contributed by atoms with E-state index in [0.717, 1.165) is 26.2 Å². The molecule has 3 aliphatic heterocycles. The summed E-state index contributed by atoms with van der Waals surface area (Å²) in [4.78, 5) is 16.2. The van der Waals surface area contributed by atoms with Crippen molar-refractivity contribution in [2.75, 3.05) is 32.7 Å². The van der Waals surface area contributed by atoms with Crippen LogP contribution in [0.3, 0.4) is 0 Å². The fraction of sp³-hybridized carbons (Fsp3) is 0.923. The first-order chi connectivity index (χ1) is 8.61. The molecule has 5 heteroatoms. The zero-order valence-electron chi connectivity index (χ0n) is 11.1. The Labute approximate surface area is 108 Å². The van der Waals surface area contributed by atoms with Crippen LogP contribution in [0.25, 0.3) is 0 Å². The van der Waals surface area contributed by atoms with Crippen molar-refractivity contribution in [1.82, 2.24) is 15.1 Å². The minimum absolute atomic E-state index is 0.125. The molecule has 0 saturated carbocycles. The number of hydrogen-bond acceptors (Lipinski definition) is 4. The highest BCUT2D eigenvalue weighted by molar-refractivity contribution is 5.69. The molecule has 0 amide bonds. The van der Waals surface area contributed by atoms with Crippen LogP contribution >= 0.6 is 0 Å². The molecule has 102 valence electrons. The summed E-state index contributed by atoms with van der Waals surface area (Å²) in [5, 5.41) is 12.4. The number of carboxylic acids is 1. The molecule has 0 bridgehead atoms. The minimum Gasteiger partial charge on any atom is -0.481 e. The normalized spacial score (nSPS) is 36.1. The van der Waals surface area contributed by atoms with Crippen molar-refractivity contribution in [2.24, 2.45) is 0 Å². The Bertz CT molecular complexity index is 343. The maximum atomic E-state index is 11.1. The van der Waals surface area contributed by atoms with Gasteiger partial charge in [0.05, 0.1) is 12.0 Å². The van der Waals surface area contributed by atoms with Gasteiger partial charge in [-0.2, -0.15) is 0 Å². The molecule has 0 radical (unpaired) electrons. The van der Waals surface area contributed by atoms with Gasteiger partial charge in [-0.25, -0.2) is 0 Å². The van der Waals surface area contributed by atoms with Crippen LogP contribution in [-0.4, -0.2) is 71.2 Å². The van der Waals surface area contributed by atoms with Crippen LogP contribution < -0.4 is 5.32 Å². The molecule has 2 N–H and O–H groups in total. The van der Waals surface area contributed by atoms with E-state index in [1.54, 1.807) is 0 Å². The molecule has 0 aliphatic carbocycles. The molecule has 18 heavy (non-hydrogen) atoms. The fourth-order valence-electron chi connectivity index (χ4n) is 3.97. The van der Waals surface area contributed by atoms with E-state index in [-0.39, 0.29) is 12.0 Å². The molecule has 0 aromatic rings. The van der Waals surface area contributed by atoms with Crippen LogP contribution in [-0.2, 0) is 4.79 Å². The Morgan fingerprint density at radius 2 is 2.22 bits per heavy atom. The lowest BCUT2D eigenvalue weighted by atomic mass is 9.83. The third kappa shape index (κ3) is 1.94. The van der Waals surface area contributed by atoms with Gasteiger partial charge in [-0.1, -0.05) is 0 Å². The molecule has 3 saturated heterocycles. The Kier molecular flexibility index (Phi) is 3.08. The number of nitrogens with zero attached hydrogens (tertiary/aromatic N) is 2.